The number of halogens is 1. The number of rotatable bonds is 6. The highest BCUT2D eigenvalue weighted by Crippen LogP contribution is 2.18. The molecule has 3 rings (SSSR count). The number of hydrogen-bond donors (Lipinski definition) is 1. The van der Waals surface area contributed by atoms with E-state index in [9.17, 15) is 9.18 Å². The van der Waals surface area contributed by atoms with Crippen LogP contribution in [0.15, 0.2) is 60.7 Å². The van der Waals surface area contributed by atoms with Gasteiger partial charge in [-0.05, 0) is 50.6 Å². The van der Waals surface area contributed by atoms with Gasteiger partial charge in [-0.1, -0.05) is 30.3 Å². The van der Waals surface area contributed by atoms with Gasteiger partial charge in [0.2, 0.25) is 0 Å². The monoisotopic (exact) mass is 378 g/mol. The van der Waals surface area contributed by atoms with E-state index < -0.39 is 0 Å². The SMILES string of the molecule is Cc1nc(Nc2ccc(F)cc2)cc(C(=O)N(Cc2ccccc2)C(C)C)n1. The van der Waals surface area contributed by atoms with Crippen LogP contribution in [-0.2, 0) is 6.54 Å². The summed E-state index contributed by atoms with van der Waals surface area (Å²) in [6.45, 7) is 6.20. The van der Waals surface area contributed by atoms with E-state index >= 15 is 0 Å². The Balaban J connectivity index is 1.85. The quantitative estimate of drug-likeness (QED) is 0.674. The Kier molecular flexibility index (Phi) is 5.99. The molecule has 0 aliphatic rings. The molecule has 1 heterocycles. The standard InChI is InChI=1S/C22H23FN4O/c1-15(2)27(14-17-7-5-4-6-8-17)22(28)20-13-21(25-16(3)24-20)26-19-11-9-18(23)10-12-19/h4-13,15H,14H2,1-3H3,(H,24,25,26). The Morgan fingerprint density at radius 2 is 1.75 bits per heavy atom. The van der Waals surface area contributed by atoms with Crippen molar-refractivity contribution in [1.29, 1.82) is 0 Å². The summed E-state index contributed by atoms with van der Waals surface area (Å²) in [5, 5.41) is 3.10. The number of hydrogen-bond acceptors (Lipinski definition) is 4. The lowest BCUT2D eigenvalue weighted by molar-refractivity contribution is 0.0684. The fourth-order valence-corrected chi connectivity index (χ4v) is 2.84. The molecule has 0 saturated carbocycles. The van der Waals surface area contributed by atoms with Crippen LogP contribution < -0.4 is 5.32 Å². The predicted octanol–water partition coefficient (Wildman–Crippen LogP) is 4.72. The van der Waals surface area contributed by atoms with Gasteiger partial charge >= 0.3 is 0 Å². The molecule has 0 bridgehead atoms. The van der Waals surface area contributed by atoms with Crippen LogP contribution in [0.1, 0.15) is 35.7 Å². The van der Waals surface area contributed by atoms with Crippen molar-refractivity contribution in [2.45, 2.75) is 33.4 Å². The summed E-state index contributed by atoms with van der Waals surface area (Å²) in [6.07, 6.45) is 0. The first-order valence-corrected chi connectivity index (χ1v) is 9.15. The molecule has 144 valence electrons. The van der Waals surface area contributed by atoms with Gasteiger partial charge in [0.1, 0.15) is 23.2 Å². The average molecular weight is 378 g/mol. The zero-order valence-corrected chi connectivity index (χ0v) is 16.2. The Morgan fingerprint density at radius 1 is 1.07 bits per heavy atom. The van der Waals surface area contributed by atoms with E-state index in [1.807, 2.05) is 44.2 Å². The maximum atomic E-state index is 13.2. The first-order chi connectivity index (χ1) is 13.4. The van der Waals surface area contributed by atoms with Crippen molar-refractivity contribution in [3.8, 4) is 0 Å². The second-order valence-electron chi connectivity index (χ2n) is 6.83. The third kappa shape index (κ3) is 4.91. The number of carbonyl (C=O) groups is 1. The van der Waals surface area contributed by atoms with Crippen LogP contribution in [0.25, 0.3) is 0 Å². The van der Waals surface area contributed by atoms with Crippen molar-refractivity contribution in [2.75, 3.05) is 5.32 Å². The molecule has 28 heavy (non-hydrogen) atoms. The third-order valence-corrected chi connectivity index (χ3v) is 4.25. The van der Waals surface area contributed by atoms with Gasteiger partial charge in [-0.2, -0.15) is 0 Å². The van der Waals surface area contributed by atoms with Crippen molar-refractivity contribution >= 4 is 17.4 Å². The third-order valence-electron chi connectivity index (χ3n) is 4.25. The summed E-state index contributed by atoms with van der Waals surface area (Å²) >= 11 is 0. The molecule has 0 aliphatic heterocycles. The van der Waals surface area contributed by atoms with Crippen molar-refractivity contribution in [2.24, 2.45) is 0 Å². The molecule has 2 aromatic carbocycles. The van der Waals surface area contributed by atoms with Gasteiger partial charge < -0.3 is 10.2 Å². The molecular weight excluding hydrogens is 355 g/mol. The zero-order valence-electron chi connectivity index (χ0n) is 16.2. The number of nitrogens with one attached hydrogen (secondary N) is 1. The minimum absolute atomic E-state index is 0.0106. The maximum Gasteiger partial charge on any atom is 0.273 e. The lowest BCUT2D eigenvalue weighted by Crippen LogP contribution is -2.37. The Hall–Kier alpha value is -3.28. The molecule has 0 radical (unpaired) electrons. The summed E-state index contributed by atoms with van der Waals surface area (Å²) in [6, 6.07) is 17.4. The van der Waals surface area contributed by atoms with E-state index in [0.29, 0.717) is 29.6 Å². The number of carbonyl (C=O) groups excluding carboxylic acids is 1. The number of aryl methyl sites for hydroxylation is 1. The van der Waals surface area contributed by atoms with Crippen LogP contribution in [0, 0.1) is 12.7 Å². The summed E-state index contributed by atoms with van der Waals surface area (Å²) in [5.41, 5.74) is 2.06. The molecule has 1 amide bonds. The van der Waals surface area contributed by atoms with Gasteiger partial charge in [0.25, 0.3) is 5.91 Å². The summed E-state index contributed by atoms with van der Waals surface area (Å²) in [4.78, 5) is 23.6. The molecule has 0 unspecified atom stereocenters. The zero-order chi connectivity index (χ0) is 20.1. The highest BCUT2D eigenvalue weighted by Gasteiger charge is 2.21. The molecule has 0 aliphatic carbocycles. The number of amides is 1. The van der Waals surface area contributed by atoms with Crippen LogP contribution in [0.3, 0.4) is 0 Å². The van der Waals surface area contributed by atoms with Gasteiger partial charge in [-0.15, -0.1) is 0 Å². The van der Waals surface area contributed by atoms with Crippen molar-refractivity contribution in [3.05, 3.63) is 83.6 Å². The van der Waals surface area contributed by atoms with Gasteiger partial charge in [-0.25, -0.2) is 14.4 Å². The Labute approximate surface area is 164 Å². The normalized spacial score (nSPS) is 10.8. The molecule has 1 aromatic heterocycles. The molecule has 3 aromatic rings. The molecule has 5 nitrogen and oxygen atoms in total. The minimum atomic E-state index is -0.311. The van der Waals surface area contributed by atoms with Gasteiger partial charge in [0.15, 0.2) is 0 Å². The highest BCUT2D eigenvalue weighted by molar-refractivity contribution is 5.93. The van der Waals surface area contributed by atoms with Crippen molar-refractivity contribution in [1.82, 2.24) is 14.9 Å². The van der Waals surface area contributed by atoms with E-state index in [2.05, 4.69) is 15.3 Å². The number of anilines is 2. The highest BCUT2D eigenvalue weighted by atomic mass is 19.1. The fraction of sp³-hybridized carbons (Fsp3) is 0.227. The first kappa shape index (κ1) is 19.5. The van der Waals surface area contributed by atoms with E-state index in [1.165, 1.54) is 12.1 Å². The fourth-order valence-electron chi connectivity index (χ4n) is 2.84. The second kappa shape index (κ2) is 8.61. The Bertz CT molecular complexity index is 943. The first-order valence-electron chi connectivity index (χ1n) is 9.15. The van der Waals surface area contributed by atoms with E-state index in [1.54, 1.807) is 30.0 Å². The maximum absolute atomic E-state index is 13.2. The van der Waals surface area contributed by atoms with E-state index in [4.69, 9.17) is 0 Å². The summed E-state index contributed by atoms with van der Waals surface area (Å²) in [5.74, 6) is 0.505. The van der Waals surface area contributed by atoms with Gasteiger partial charge in [0, 0.05) is 24.3 Å². The number of benzene rings is 2. The van der Waals surface area contributed by atoms with Gasteiger partial charge in [0.05, 0.1) is 0 Å². The van der Waals surface area contributed by atoms with Crippen LogP contribution in [-0.4, -0.2) is 26.8 Å². The lowest BCUT2D eigenvalue weighted by atomic mass is 10.1. The number of aromatic nitrogens is 2. The summed E-state index contributed by atoms with van der Waals surface area (Å²) in [7, 11) is 0. The van der Waals surface area contributed by atoms with Crippen molar-refractivity contribution < 1.29 is 9.18 Å². The van der Waals surface area contributed by atoms with Crippen molar-refractivity contribution in [3.63, 3.8) is 0 Å². The minimum Gasteiger partial charge on any atom is -0.340 e. The van der Waals surface area contributed by atoms with Crippen LogP contribution >= 0.6 is 0 Å². The molecule has 0 spiro atoms. The largest absolute Gasteiger partial charge is 0.340 e. The number of nitrogens with zero attached hydrogens (tertiary/aromatic N) is 3. The average Bonchev–Trinajstić information content (AvgIpc) is 2.67. The smallest absolute Gasteiger partial charge is 0.273 e. The molecule has 0 saturated heterocycles. The van der Waals surface area contributed by atoms with E-state index in [-0.39, 0.29) is 17.8 Å². The molecule has 0 atom stereocenters. The summed E-state index contributed by atoms with van der Waals surface area (Å²) < 4.78 is 13.1. The lowest BCUT2D eigenvalue weighted by Gasteiger charge is -2.26. The van der Waals surface area contributed by atoms with Gasteiger partial charge in [-0.3, -0.25) is 4.79 Å². The molecular formula is C22H23FN4O. The molecule has 6 heteroatoms. The second-order valence-corrected chi connectivity index (χ2v) is 6.83. The van der Waals surface area contributed by atoms with E-state index in [0.717, 1.165) is 5.56 Å². The van der Waals surface area contributed by atoms with Crippen LogP contribution in [0.4, 0.5) is 15.9 Å². The topological polar surface area (TPSA) is 58.1 Å². The predicted molar refractivity (Wildman–Crippen MR) is 108 cm³/mol. The Morgan fingerprint density at radius 3 is 2.39 bits per heavy atom. The van der Waals surface area contributed by atoms with Crippen LogP contribution in [0.5, 0.6) is 0 Å². The van der Waals surface area contributed by atoms with Crippen LogP contribution in [0.2, 0.25) is 0 Å². The molecule has 1 N–H and O–H groups in total. The molecule has 0 fully saturated rings.